The van der Waals surface area contributed by atoms with E-state index in [1.807, 2.05) is 103 Å². The molecule has 3 aromatic carbocycles. The maximum atomic E-state index is 6.05. The van der Waals surface area contributed by atoms with Crippen molar-refractivity contribution in [1.82, 2.24) is 9.78 Å². The van der Waals surface area contributed by atoms with Gasteiger partial charge in [-0.2, -0.15) is 5.10 Å². The monoisotopic (exact) mass is 514 g/mol. The number of fused-ring (bicyclic) bond motifs is 4. The minimum absolute atomic E-state index is 0.284. The number of ether oxygens (including phenoxy) is 1. The molecule has 0 amide bonds. The van der Waals surface area contributed by atoms with Crippen molar-refractivity contribution < 1.29 is 9.15 Å². The summed E-state index contributed by atoms with van der Waals surface area (Å²) in [6.45, 7) is 4.62. The third-order valence-corrected chi connectivity index (χ3v) is 6.88. The van der Waals surface area contributed by atoms with Gasteiger partial charge in [0.15, 0.2) is 17.5 Å². The van der Waals surface area contributed by atoms with Gasteiger partial charge in [0.2, 0.25) is 0 Å². The average molecular weight is 515 g/mol. The van der Waals surface area contributed by atoms with Crippen LogP contribution >= 0.6 is 0 Å². The Bertz CT molecular complexity index is 1700. The number of amidine groups is 2. The molecule has 39 heavy (non-hydrogen) atoms. The lowest BCUT2D eigenvalue weighted by Crippen LogP contribution is -2.46. The van der Waals surface area contributed by atoms with E-state index in [-0.39, 0.29) is 6.04 Å². The van der Waals surface area contributed by atoms with Gasteiger partial charge in [0.1, 0.15) is 17.6 Å². The molecule has 0 aliphatic carbocycles. The Hall–Kier alpha value is -5.11. The third kappa shape index (κ3) is 3.88. The quantitative estimate of drug-likeness (QED) is 0.274. The molecule has 1 atom stereocenters. The van der Waals surface area contributed by atoms with Crippen molar-refractivity contribution in [2.45, 2.75) is 19.9 Å². The summed E-state index contributed by atoms with van der Waals surface area (Å²) in [7, 11) is 0. The molecule has 8 heteroatoms. The summed E-state index contributed by atoms with van der Waals surface area (Å²) in [6, 6.07) is 29.7. The van der Waals surface area contributed by atoms with Crippen molar-refractivity contribution in [3.63, 3.8) is 0 Å². The fraction of sp³-hybridized carbons (Fsp3) is 0.129. The van der Waals surface area contributed by atoms with E-state index in [2.05, 4.69) is 16.3 Å². The summed E-state index contributed by atoms with van der Waals surface area (Å²) in [6.07, 6.45) is 1.71. The van der Waals surface area contributed by atoms with Gasteiger partial charge in [-0.25, -0.2) is 14.7 Å². The van der Waals surface area contributed by atoms with Crippen LogP contribution in [0.1, 0.15) is 30.0 Å². The van der Waals surface area contributed by atoms with Crippen LogP contribution in [0, 0.1) is 6.92 Å². The molecule has 0 saturated heterocycles. The van der Waals surface area contributed by atoms with Gasteiger partial charge in [0.05, 0.1) is 41.2 Å². The number of furan rings is 1. The Kier molecular flexibility index (Phi) is 5.51. The fourth-order valence-electron chi connectivity index (χ4n) is 5.20. The van der Waals surface area contributed by atoms with Crippen LogP contribution < -0.4 is 15.0 Å². The van der Waals surface area contributed by atoms with Gasteiger partial charge in [-0.3, -0.25) is 0 Å². The molecule has 2 aliphatic rings. The smallest absolute Gasteiger partial charge is 0.179 e. The first-order valence-electron chi connectivity index (χ1n) is 13.0. The number of nitrogens with zero attached hydrogens (tertiary/aromatic N) is 5. The highest BCUT2D eigenvalue weighted by Crippen LogP contribution is 2.48. The second-order valence-corrected chi connectivity index (χ2v) is 9.32. The molecule has 0 saturated carbocycles. The molecule has 0 radical (unpaired) electrons. The maximum absolute atomic E-state index is 6.05. The van der Waals surface area contributed by atoms with Crippen molar-refractivity contribution in [2.75, 3.05) is 16.8 Å². The van der Waals surface area contributed by atoms with Gasteiger partial charge in [-0.15, -0.1) is 0 Å². The zero-order chi connectivity index (χ0) is 26.3. The number of benzene rings is 3. The summed E-state index contributed by atoms with van der Waals surface area (Å²) < 4.78 is 13.6. The highest BCUT2D eigenvalue weighted by molar-refractivity contribution is 6.51. The molecular weight excluding hydrogens is 488 g/mol. The highest BCUT2D eigenvalue weighted by atomic mass is 16.5. The van der Waals surface area contributed by atoms with Gasteiger partial charge in [-0.05, 0) is 74.5 Å². The molecule has 2 aliphatic heterocycles. The van der Waals surface area contributed by atoms with Crippen LogP contribution in [0.15, 0.2) is 112 Å². The number of nitrogens with one attached hydrogen (secondary N) is 1. The molecule has 2 aromatic heterocycles. The first-order valence-corrected chi connectivity index (χ1v) is 13.0. The zero-order valence-corrected chi connectivity index (χ0v) is 21.6. The standard InChI is InChI=1S/C31H26N6O2/c1-3-38-23-17-15-21(16-18-23)32-29-31-34-30-27(20(2)35-37(30)22-10-5-4-6-11-22)28(26-14-9-19-39-26)36(31)25-13-8-7-12-24(25)33-29/h4-19,28H,3H2,1-2H3,(H,32,33)/t28-/m0/s1. The summed E-state index contributed by atoms with van der Waals surface area (Å²) >= 11 is 0. The van der Waals surface area contributed by atoms with Crippen molar-refractivity contribution in [3.8, 4) is 11.4 Å². The average Bonchev–Trinajstić information content (AvgIpc) is 3.62. The topological polar surface area (TPSA) is 80.2 Å². The predicted octanol–water partition coefficient (Wildman–Crippen LogP) is 6.97. The lowest BCUT2D eigenvalue weighted by Gasteiger charge is -2.39. The van der Waals surface area contributed by atoms with Crippen LogP contribution in [0.5, 0.6) is 5.75 Å². The van der Waals surface area contributed by atoms with Gasteiger partial charge >= 0.3 is 0 Å². The number of hydrogen-bond acceptors (Lipinski definition) is 7. The molecule has 192 valence electrons. The zero-order valence-electron chi connectivity index (χ0n) is 21.6. The van der Waals surface area contributed by atoms with Gasteiger partial charge in [-0.1, -0.05) is 30.3 Å². The van der Waals surface area contributed by atoms with E-state index in [4.69, 9.17) is 24.2 Å². The minimum Gasteiger partial charge on any atom is -0.494 e. The minimum atomic E-state index is -0.284. The van der Waals surface area contributed by atoms with Crippen LogP contribution in [-0.2, 0) is 0 Å². The van der Waals surface area contributed by atoms with Crippen molar-refractivity contribution in [1.29, 1.82) is 0 Å². The van der Waals surface area contributed by atoms with Crippen LogP contribution in [-0.4, -0.2) is 28.1 Å². The second kappa shape index (κ2) is 9.33. The van der Waals surface area contributed by atoms with Crippen LogP contribution in [0.3, 0.4) is 0 Å². The molecule has 8 nitrogen and oxygen atoms in total. The number of aliphatic imine (C=N–C) groups is 2. The second-order valence-electron chi connectivity index (χ2n) is 9.32. The maximum Gasteiger partial charge on any atom is 0.179 e. The number of aryl methyl sites for hydroxylation is 1. The summed E-state index contributed by atoms with van der Waals surface area (Å²) in [5, 5.41) is 8.45. The lowest BCUT2D eigenvalue weighted by atomic mass is 9.98. The van der Waals surface area contributed by atoms with Crippen molar-refractivity contribution >= 4 is 34.6 Å². The van der Waals surface area contributed by atoms with Crippen LogP contribution in [0.2, 0.25) is 0 Å². The lowest BCUT2D eigenvalue weighted by molar-refractivity contribution is 0.340. The Labute approximate surface area is 225 Å². The fourth-order valence-corrected chi connectivity index (χ4v) is 5.20. The van der Waals surface area contributed by atoms with Gasteiger partial charge < -0.3 is 19.4 Å². The highest BCUT2D eigenvalue weighted by Gasteiger charge is 2.42. The Morgan fingerprint density at radius 1 is 0.897 bits per heavy atom. The van der Waals surface area contributed by atoms with Crippen LogP contribution in [0.4, 0.5) is 22.9 Å². The van der Waals surface area contributed by atoms with Crippen molar-refractivity contribution in [3.05, 3.63) is 114 Å². The van der Waals surface area contributed by atoms with Crippen molar-refractivity contribution in [2.24, 2.45) is 9.98 Å². The number of anilines is 2. The number of hydrogen-bond donors (Lipinski definition) is 1. The van der Waals surface area contributed by atoms with Gasteiger partial charge in [0, 0.05) is 5.69 Å². The van der Waals surface area contributed by atoms with E-state index in [0.717, 1.165) is 51.3 Å². The molecule has 5 aromatic rings. The number of para-hydroxylation sites is 3. The third-order valence-electron chi connectivity index (χ3n) is 6.88. The number of rotatable bonds is 5. The van der Waals surface area contributed by atoms with E-state index in [1.165, 1.54) is 0 Å². The SMILES string of the molecule is CCOc1ccc(NC2=Nc3ccccc3N3C2=Nc2c(c(C)nn2-c2ccccc2)[C@@H]3c2ccco2)cc1. The molecule has 0 spiro atoms. The summed E-state index contributed by atoms with van der Waals surface area (Å²) in [5.74, 6) is 3.70. The molecule has 7 rings (SSSR count). The first kappa shape index (κ1) is 23.0. The molecular formula is C31H26N6O2. The van der Waals surface area contributed by atoms with E-state index in [1.54, 1.807) is 6.26 Å². The Balaban J connectivity index is 1.43. The number of aromatic nitrogens is 2. The Morgan fingerprint density at radius 2 is 1.69 bits per heavy atom. The largest absolute Gasteiger partial charge is 0.494 e. The molecule has 4 heterocycles. The van der Waals surface area contributed by atoms with Crippen LogP contribution in [0.25, 0.3) is 5.69 Å². The molecule has 1 N–H and O–H groups in total. The molecule has 0 bridgehead atoms. The molecule has 0 unspecified atom stereocenters. The summed E-state index contributed by atoms with van der Waals surface area (Å²) in [5.41, 5.74) is 5.50. The predicted molar refractivity (Wildman–Crippen MR) is 153 cm³/mol. The van der Waals surface area contributed by atoms with E-state index in [0.29, 0.717) is 18.3 Å². The summed E-state index contributed by atoms with van der Waals surface area (Å²) in [4.78, 5) is 12.5. The van der Waals surface area contributed by atoms with E-state index in [9.17, 15) is 0 Å². The first-order chi connectivity index (χ1) is 19.2. The normalized spacial score (nSPS) is 15.5. The molecule has 0 fully saturated rings. The van der Waals surface area contributed by atoms with Gasteiger partial charge in [0.25, 0.3) is 0 Å². The van der Waals surface area contributed by atoms with E-state index >= 15 is 0 Å². The Morgan fingerprint density at radius 3 is 2.46 bits per heavy atom. The van der Waals surface area contributed by atoms with E-state index < -0.39 is 0 Å².